The Hall–Kier alpha value is -0.610. The van der Waals surface area contributed by atoms with Gasteiger partial charge in [-0.1, -0.05) is 0 Å². The molecule has 0 aromatic rings. The van der Waals surface area contributed by atoms with Crippen LogP contribution in [0.15, 0.2) is 9.98 Å². The monoisotopic (exact) mass is 142 g/mol. The summed E-state index contributed by atoms with van der Waals surface area (Å²) < 4.78 is 0. The van der Waals surface area contributed by atoms with Gasteiger partial charge in [-0.25, -0.2) is 9.98 Å². The van der Waals surface area contributed by atoms with E-state index in [1.807, 2.05) is 0 Å². The summed E-state index contributed by atoms with van der Waals surface area (Å²) in [5.41, 5.74) is 0.766. The quantitative estimate of drug-likeness (QED) is 0.559. The predicted molar refractivity (Wildman–Crippen MR) is 40.2 cm³/mol. The normalized spacial score (nSPS) is 16.6. The van der Waals surface area contributed by atoms with Crippen LogP contribution in [0.5, 0.6) is 0 Å². The Kier molecular flexibility index (Phi) is 2.02. The molecule has 0 unspecified atom stereocenters. The van der Waals surface area contributed by atoms with E-state index in [0.29, 0.717) is 11.5 Å². The van der Waals surface area contributed by atoms with E-state index in [1.54, 1.807) is 6.21 Å². The average Bonchev–Trinajstić information content (AvgIpc) is 2.17. The molecule has 0 fully saturated rings. The van der Waals surface area contributed by atoms with Gasteiger partial charge in [-0.15, -0.1) is 0 Å². The lowest BCUT2D eigenvalue weighted by Gasteiger charge is -1.86. The van der Waals surface area contributed by atoms with Crippen LogP contribution in [0.3, 0.4) is 0 Å². The molecule has 1 aliphatic heterocycles. The molecule has 1 N–H and O–H groups in total. The van der Waals surface area contributed by atoms with E-state index in [0.717, 1.165) is 5.71 Å². The first kappa shape index (κ1) is 6.51. The zero-order valence-corrected chi connectivity index (χ0v) is 5.56. The van der Waals surface area contributed by atoms with Gasteiger partial charge in [0, 0.05) is 13.0 Å². The van der Waals surface area contributed by atoms with Crippen LogP contribution in [0.1, 0.15) is 6.42 Å². The molecule has 0 aromatic carbocycles. The number of aliphatic hydroxyl groups excluding tert-OH is 1. The van der Waals surface area contributed by atoms with Crippen molar-refractivity contribution in [2.75, 3.05) is 6.61 Å². The lowest BCUT2D eigenvalue weighted by atomic mass is 10.3. The van der Waals surface area contributed by atoms with Gasteiger partial charge in [0.05, 0.1) is 11.9 Å². The zero-order valence-electron chi connectivity index (χ0n) is 4.74. The average molecular weight is 142 g/mol. The molecule has 9 heavy (non-hydrogen) atoms. The van der Waals surface area contributed by atoms with E-state index >= 15 is 0 Å². The van der Waals surface area contributed by atoms with Crippen LogP contribution in [-0.2, 0) is 0 Å². The molecule has 0 amide bonds. The number of hydrogen-bond acceptors (Lipinski definition) is 2. The van der Waals surface area contributed by atoms with Gasteiger partial charge in [0.2, 0.25) is 5.11 Å². The van der Waals surface area contributed by atoms with Gasteiger partial charge in [-0.2, -0.15) is 0 Å². The Bertz CT molecular complexity index is 185. The van der Waals surface area contributed by atoms with Crippen molar-refractivity contribution >= 4 is 29.3 Å². The number of aliphatic hydroxyl groups is 1. The molecule has 3 nitrogen and oxygen atoms in total. The molecule has 4 heteroatoms. The fourth-order valence-electron chi connectivity index (χ4n) is 0.545. The van der Waals surface area contributed by atoms with Crippen molar-refractivity contribution in [3.63, 3.8) is 0 Å². The number of nitrogens with zero attached hydrogens (tertiary/aromatic N) is 2. The number of rotatable bonds is 2. The molecule has 0 aromatic heterocycles. The standard InChI is InChI=1S/C5H6N2OS/c8-2-1-4-3-6-5(9)7-4/h3,8H,1-2H2. The summed E-state index contributed by atoms with van der Waals surface area (Å²) in [5.74, 6) is 0. The Morgan fingerprint density at radius 3 is 2.89 bits per heavy atom. The van der Waals surface area contributed by atoms with Gasteiger partial charge in [-0.3, -0.25) is 0 Å². The molecule has 1 heterocycles. The van der Waals surface area contributed by atoms with Gasteiger partial charge in [0.15, 0.2) is 0 Å². The van der Waals surface area contributed by atoms with Gasteiger partial charge < -0.3 is 5.11 Å². The minimum absolute atomic E-state index is 0.105. The van der Waals surface area contributed by atoms with Crippen molar-refractivity contribution in [1.82, 2.24) is 0 Å². The molecular formula is C5H6N2OS. The van der Waals surface area contributed by atoms with Crippen molar-refractivity contribution in [2.24, 2.45) is 9.98 Å². The van der Waals surface area contributed by atoms with Crippen LogP contribution in [0.2, 0.25) is 0 Å². The second kappa shape index (κ2) is 2.80. The summed E-state index contributed by atoms with van der Waals surface area (Å²) in [7, 11) is 0. The largest absolute Gasteiger partial charge is 0.396 e. The van der Waals surface area contributed by atoms with E-state index in [2.05, 4.69) is 22.2 Å². The highest BCUT2D eigenvalue weighted by atomic mass is 32.1. The van der Waals surface area contributed by atoms with Crippen LogP contribution >= 0.6 is 12.2 Å². The lowest BCUT2D eigenvalue weighted by molar-refractivity contribution is 0.307. The first-order chi connectivity index (χ1) is 4.33. The highest BCUT2D eigenvalue weighted by Crippen LogP contribution is 1.95. The first-order valence-electron chi connectivity index (χ1n) is 2.59. The van der Waals surface area contributed by atoms with Gasteiger partial charge in [0.1, 0.15) is 0 Å². The predicted octanol–water partition coefficient (Wildman–Crippen LogP) is 0.179. The second-order valence-electron chi connectivity index (χ2n) is 1.62. The molecule has 1 rings (SSSR count). The van der Waals surface area contributed by atoms with Crippen molar-refractivity contribution < 1.29 is 5.11 Å². The summed E-state index contributed by atoms with van der Waals surface area (Å²) in [5, 5.41) is 8.79. The van der Waals surface area contributed by atoms with Crippen LogP contribution < -0.4 is 0 Å². The molecular weight excluding hydrogens is 136 g/mol. The van der Waals surface area contributed by atoms with Crippen molar-refractivity contribution in [3.05, 3.63) is 0 Å². The Labute approximate surface area is 58.1 Å². The van der Waals surface area contributed by atoms with Crippen LogP contribution in [0.25, 0.3) is 0 Å². The second-order valence-corrected chi connectivity index (χ2v) is 1.98. The highest BCUT2D eigenvalue weighted by Gasteiger charge is 2.02. The molecule has 0 radical (unpaired) electrons. The Balaban J connectivity index is 2.53. The first-order valence-corrected chi connectivity index (χ1v) is 3.00. The fourth-order valence-corrected chi connectivity index (χ4v) is 0.715. The maximum absolute atomic E-state index is 8.43. The molecule has 0 spiro atoms. The van der Waals surface area contributed by atoms with Crippen molar-refractivity contribution in [3.8, 4) is 0 Å². The minimum Gasteiger partial charge on any atom is -0.396 e. The topological polar surface area (TPSA) is 45.0 Å². The van der Waals surface area contributed by atoms with E-state index in [9.17, 15) is 0 Å². The maximum Gasteiger partial charge on any atom is 0.219 e. The van der Waals surface area contributed by atoms with Crippen LogP contribution in [-0.4, -0.2) is 28.8 Å². The molecule has 0 aliphatic carbocycles. The van der Waals surface area contributed by atoms with E-state index in [-0.39, 0.29) is 6.61 Å². The summed E-state index contributed by atoms with van der Waals surface area (Å²) in [6.07, 6.45) is 2.13. The SMILES string of the molecule is OCCC1=NC(=S)N=C1. The molecule has 0 saturated carbocycles. The number of hydrogen-bond donors (Lipinski definition) is 1. The van der Waals surface area contributed by atoms with Crippen molar-refractivity contribution in [1.29, 1.82) is 0 Å². The third-order valence-electron chi connectivity index (χ3n) is 0.931. The van der Waals surface area contributed by atoms with Crippen molar-refractivity contribution in [2.45, 2.75) is 6.42 Å². The molecule has 1 aliphatic rings. The smallest absolute Gasteiger partial charge is 0.219 e. The minimum atomic E-state index is 0.105. The molecule has 48 valence electrons. The lowest BCUT2D eigenvalue weighted by Crippen LogP contribution is -1.98. The summed E-state index contributed by atoms with van der Waals surface area (Å²) in [6.45, 7) is 0.105. The summed E-state index contributed by atoms with van der Waals surface area (Å²) in [4.78, 5) is 7.57. The highest BCUT2D eigenvalue weighted by molar-refractivity contribution is 7.80. The summed E-state index contributed by atoms with van der Waals surface area (Å²) >= 11 is 4.64. The van der Waals surface area contributed by atoms with E-state index < -0.39 is 0 Å². The third kappa shape index (κ3) is 1.65. The Morgan fingerprint density at radius 1 is 1.67 bits per heavy atom. The van der Waals surface area contributed by atoms with Crippen LogP contribution in [0.4, 0.5) is 0 Å². The van der Waals surface area contributed by atoms with Gasteiger partial charge in [0.25, 0.3) is 0 Å². The van der Waals surface area contributed by atoms with Gasteiger partial charge in [-0.05, 0) is 12.2 Å². The zero-order chi connectivity index (χ0) is 6.69. The molecule has 0 bridgehead atoms. The summed E-state index contributed by atoms with van der Waals surface area (Å²) in [6, 6.07) is 0. The van der Waals surface area contributed by atoms with Crippen LogP contribution in [0, 0.1) is 0 Å². The molecule has 0 atom stereocenters. The third-order valence-corrected chi connectivity index (χ3v) is 1.13. The maximum atomic E-state index is 8.43. The number of thiocarbonyl (C=S) groups is 1. The number of aliphatic imine (C=N–C) groups is 2. The van der Waals surface area contributed by atoms with E-state index in [4.69, 9.17) is 5.11 Å². The molecule has 0 saturated heterocycles. The Morgan fingerprint density at radius 2 is 2.44 bits per heavy atom. The fraction of sp³-hybridized carbons (Fsp3) is 0.400. The van der Waals surface area contributed by atoms with Gasteiger partial charge >= 0.3 is 0 Å². The van der Waals surface area contributed by atoms with E-state index in [1.165, 1.54) is 0 Å².